The number of hydrogen-bond donors (Lipinski definition) is 1. The van der Waals surface area contributed by atoms with Crippen LogP contribution in [0.2, 0.25) is 0 Å². The number of benzene rings is 1. The average molecular weight is 319 g/mol. The van der Waals surface area contributed by atoms with Crippen molar-refractivity contribution in [2.45, 2.75) is 6.92 Å². The molecule has 112 valence electrons. The van der Waals surface area contributed by atoms with Gasteiger partial charge >= 0.3 is 0 Å². The Hall–Kier alpha value is -2.86. The Labute approximate surface area is 137 Å². The molecule has 4 aromatic rings. The first-order valence-corrected chi connectivity index (χ1v) is 8.03. The average Bonchev–Trinajstić information content (AvgIpc) is 3.05. The van der Waals surface area contributed by atoms with Crippen LogP contribution in [0.4, 0.5) is 11.8 Å². The van der Waals surface area contributed by atoms with Crippen LogP contribution in [0.5, 0.6) is 0 Å². The van der Waals surface area contributed by atoms with Crippen molar-refractivity contribution in [2.75, 3.05) is 5.32 Å². The van der Waals surface area contributed by atoms with Gasteiger partial charge in [-0.15, -0.1) is 11.3 Å². The van der Waals surface area contributed by atoms with Crippen LogP contribution in [0, 0.1) is 6.92 Å². The molecule has 0 radical (unpaired) electrons. The minimum Gasteiger partial charge on any atom is -0.309 e. The van der Waals surface area contributed by atoms with E-state index < -0.39 is 0 Å². The Balaban J connectivity index is 1.74. The summed E-state index contributed by atoms with van der Waals surface area (Å²) in [7, 11) is 0. The van der Waals surface area contributed by atoms with Gasteiger partial charge in [0.05, 0.1) is 21.4 Å². The minimum atomic E-state index is 0.536. The van der Waals surface area contributed by atoms with Crippen LogP contribution in [-0.4, -0.2) is 19.9 Å². The number of nitrogens with one attached hydrogen (secondary N) is 1. The van der Waals surface area contributed by atoms with Crippen molar-refractivity contribution in [3.05, 3.63) is 59.9 Å². The van der Waals surface area contributed by atoms with E-state index in [4.69, 9.17) is 0 Å². The third kappa shape index (κ3) is 2.76. The number of anilines is 2. The highest BCUT2D eigenvalue weighted by atomic mass is 32.1. The quantitative estimate of drug-likeness (QED) is 0.613. The monoisotopic (exact) mass is 319 g/mol. The molecule has 5 nitrogen and oxygen atoms in total. The lowest BCUT2D eigenvalue weighted by molar-refractivity contribution is 1.12. The van der Waals surface area contributed by atoms with E-state index in [2.05, 4.69) is 31.3 Å². The number of thiazole rings is 1. The van der Waals surface area contributed by atoms with Gasteiger partial charge in [0.2, 0.25) is 5.95 Å². The molecule has 1 N–H and O–H groups in total. The molecule has 0 saturated heterocycles. The maximum absolute atomic E-state index is 4.65. The zero-order valence-corrected chi connectivity index (χ0v) is 13.2. The summed E-state index contributed by atoms with van der Waals surface area (Å²) in [5.74, 6) is 1.26. The molecule has 0 amide bonds. The zero-order chi connectivity index (χ0) is 15.6. The maximum Gasteiger partial charge on any atom is 0.228 e. The smallest absolute Gasteiger partial charge is 0.228 e. The second-order valence-corrected chi connectivity index (χ2v) is 5.99. The van der Waals surface area contributed by atoms with Crippen molar-refractivity contribution in [3.8, 4) is 11.3 Å². The molecule has 0 aliphatic carbocycles. The number of hydrogen-bond acceptors (Lipinski definition) is 6. The number of fused-ring (bicyclic) bond motifs is 1. The second kappa shape index (κ2) is 5.73. The summed E-state index contributed by atoms with van der Waals surface area (Å²) in [5, 5.41) is 3.13. The number of aryl methyl sites for hydroxylation is 1. The van der Waals surface area contributed by atoms with Crippen LogP contribution >= 0.6 is 11.3 Å². The molecule has 0 aliphatic heterocycles. The molecule has 0 atom stereocenters. The first-order valence-electron chi connectivity index (χ1n) is 7.15. The van der Waals surface area contributed by atoms with Gasteiger partial charge in [0.15, 0.2) is 0 Å². The van der Waals surface area contributed by atoms with Gasteiger partial charge in [0.25, 0.3) is 0 Å². The van der Waals surface area contributed by atoms with Crippen molar-refractivity contribution in [2.24, 2.45) is 0 Å². The molecule has 23 heavy (non-hydrogen) atoms. The minimum absolute atomic E-state index is 0.536. The van der Waals surface area contributed by atoms with Gasteiger partial charge in [-0.2, -0.15) is 0 Å². The van der Waals surface area contributed by atoms with Crippen LogP contribution in [-0.2, 0) is 0 Å². The summed E-state index contributed by atoms with van der Waals surface area (Å²) >= 11 is 1.63. The van der Waals surface area contributed by atoms with E-state index in [9.17, 15) is 0 Å². The summed E-state index contributed by atoms with van der Waals surface area (Å²) < 4.78 is 1.15. The predicted molar refractivity (Wildman–Crippen MR) is 92.9 cm³/mol. The fraction of sp³-hybridized carbons (Fsp3) is 0.0588. The first kappa shape index (κ1) is 13.8. The molecule has 0 saturated carbocycles. The lowest BCUT2D eigenvalue weighted by Gasteiger charge is -2.08. The Morgan fingerprint density at radius 3 is 2.87 bits per heavy atom. The van der Waals surface area contributed by atoms with Crippen LogP contribution < -0.4 is 5.32 Å². The van der Waals surface area contributed by atoms with Crippen molar-refractivity contribution in [3.63, 3.8) is 0 Å². The molecule has 0 unspecified atom stereocenters. The number of nitrogens with zero attached hydrogens (tertiary/aromatic N) is 4. The Kier molecular flexibility index (Phi) is 3.44. The standard InChI is InChI=1S/C17H13N5S/c1-11-9-19-17(21-15-4-2-3-7-18-15)22-16(11)12-5-6-13-14(8-12)23-10-20-13/h2-10H,1H3,(H,18,19,21,22). The van der Waals surface area contributed by atoms with Crippen LogP contribution in [0.15, 0.2) is 54.3 Å². The molecule has 0 aliphatic rings. The van der Waals surface area contributed by atoms with Gasteiger partial charge in [-0.25, -0.2) is 19.9 Å². The highest BCUT2D eigenvalue weighted by Crippen LogP contribution is 2.27. The Bertz CT molecular complexity index is 965. The summed E-state index contributed by atoms with van der Waals surface area (Å²) in [5.41, 5.74) is 5.87. The molecule has 0 fully saturated rings. The largest absolute Gasteiger partial charge is 0.309 e. The summed E-state index contributed by atoms with van der Waals surface area (Å²) in [6, 6.07) is 11.9. The Morgan fingerprint density at radius 1 is 1.04 bits per heavy atom. The van der Waals surface area contributed by atoms with Gasteiger partial charge in [0, 0.05) is 18.0 Å². The van der Waals surface area contributed by atoms with Crippen molar-refractivity contribution in [1.29, 1.82) is 0 Å². The van der Waals surface area contributed by atoms with E-state index in [1.54, 1.807) is 17.5 Å². The highest BCUT2D eigenvalue weighted by molar-refractivity contribution is 7.16. The van der Waals surface area contributed by atoms with E-state index in [0.29, 0.717) is 5.95 Å². The molecule has 0 spiro atoms. The van der Waals surface area contributed by atoms with Gasteiger partial charge < -0.3 is 5.32 Å². The molecule has 1 aromatic carbocycles. The number of rotatable bonds is 3. The molecule has 4 rings (SSSR count). The number of aromatic nitrogens is 4. The summed E-state index contributed by atoms with van der Waals surface area (Å²) in [4.78, 5) is 17.5. The lowest BCUT2D eigenvalue weighted by atomic mass is 10.1. The molecule has 0 bridgehead atoms. The third-order valence-corrected chi connectivity index (χ3v) is 4.27. The van der Waals surface area contributed by atoms with Crippen molar-refractivity contribution in [1.82, 2.24) is 19.9 Å². The van der Waals surface area contributed by atoms with Gasteiger partial charge in [-0.1, -0.05) is 12.1 Å². The van der Waals surface area contributed by atoms with Gasteiger partial charge in [-0.3, -0.25) is 0 Å². The van der Waals surface area contributed by atoms with Crippen LogP contribution in [0.3, 0.4) is 0 Å². The van der Waals surface area contributed by atoms with Crippen molar-refractivity contribution < 1.29 is 0 Å². The summed E-state index contributed by atoms with van der Waals surface area (Å²) in [6.07, 6.45) is 3.56. The van der Waals surface area contributed by atoms with E-state index in [0.717, 1.165) is 32.9 Å². The van der Waals surface area contributed by atoms with Crippen LogP contribution in [0.1, 0.15) is 5.56 Å². The fourth-order valence-corrected chi connectivity index (χ4v) is 3.06. The van der Waals surface area contributed by atoms with E-state index >= 15 is 0 Å². The van der Waals surface area contributed by atoms with Crippen molar-refractivity contribution >= 4 is 33.3 Å². The first-order chi connectivity index (χ1) is 11.3. The van der Waals surface area contributed by atoms with E-state index in [1.807, 2.05) is 49.0 Å². The van der Waals surface area contributed by atoms with Gasteiger partial charge in [0.1, 0.15) is 5.82 Å². The SMILES string of the molecule is Cc1cnc(Nc2ccccn2)nc1-c1ccc2ncsc2c1. The predicted octanol–water partition coefficient (Wildman–Crippen LogP) is 4.20. The fourth-order valence-electron chi connectivity index (χ4n) is 2.35. The molecular weight excluding hydrogens is 306 g/mol. The molecule has 3 aromatic heterocycles. The third-order valence-electron chi connectivity index (χ3n) is 3.48. The van der Waals surface area contributed by atoms with E-state index in [1.165, 1.54) is 0 Å². The molecule has 6 heteroatoms. The normalized spacial score (nSPS) is 10.8. The highest BCUT2D eigenvalue weighted by Gasteiger charge is 2.09. The maximum atomic E-state index is 4.65. The topological polar surface area (TPSA) is 63.6 Å². The van der Waals surface area contributed by atoms with Crippen LogP contribution in [0.25, 0.3) is 21.5 Å². The molecule has 3 heterocycles. The van der Waals surface area contributed by atoms with Gasteiger partial charge in [-0.05, 0) is 36.8 Å². The second-order valence-electron chi connectivity index (χ2n) is 5.10. The van der Waals surface area contributed by atoms with E-state index in [-0.39, 0.29) is 0 Å². The lowest BCUT2D eigenvalue weighted by Crippen LogP contribution is -2.01. The number of pyridine rings is 1. The zero-order valence-electron chi connectivity index (χ0n) is 12.4. The molecular formula is C17H13N5S. The Morgan fingerprint density at radius 2 is 2.00 bits per heavy atom. The summed E-state index contributed by atoms with van der Waals surface area (Å²) in [6.45, 7) is 2.01.